The summed E-state index contributed by atoms with van der Waals surface area (Å²) in [4.78, 5) is 11.5. The quantitative estimate of drug-likeness (QED) is 0.582. The SMILES string of the molecule is C=CCN[C@@H](Cc1ccccc1)C(=O)OC. The predicted molar refractivity (Wildman–Crippen MR) is 64.1 cm³/mol. The molecule has 1 aromatic carbocycles. The Hall–Kier alpha value is -1.61. The van der Waals surface area contributed by atoms with Crippen LogP contribution in [0.25, 0.3) is 0 Å². The number of nitrogens with one attached hydrogen (secondary N) is 1. The highest BCUT2D eigenvalue weighted by Gasteiger charge is 2.17. The molecule has 0 unspecified atom stereocenters. The van der Waals surface area contributed by atoms with Crippen LogP contribution in [-0.2, 0) is 16.0 Å². The summed E-state index contributed by atoms with van der Waals surface area (Å²) in [5.74, 6) is -0.245. The van der Waals surface area contributed by atoms with E-state index in [0.29, 0.717) is 13.0 Å². The van der Waals surface area contributed by atoms with Gasteiger partial charge in [0.25, 0.3) is 0 Å². The highest BCUT2D eigenvalue weighted by atomic mass is 16.5. The Morgan fingerprint density at radius 2 is 2.19 bits per heavy atom. The lowest BCUT2D eigenvalue weighted by molar-refractivity contribution is -0.143. The van der Waals surface area contributed by atoms with Crippen LogP contribution < -0.4 is 5.32 Å². The highest BCUT2D eigenvalue weighted by Crippen LogP contribution is 2.04. The van der Waals surface area contributed by atoms with Crippen molar-refractivity contribution in [3.63, 3.8) is 0 Å². The van der Waals surface area contributed by atoms with Gasteiger partial charge in [-0.15, -0.1) is 6.58 Å². The van der Waals surface area contributed by atoms with Crippen LogP contribution in [0.3, 0.4) is 0 Å². The molecule has 1 atom stereocenters. The average molecular weight is 219 g/mol. The van der Waals surface area contributed by atoms with Crippen LogP contribution in [0.5, 0.6) is 0 Å². The van der Waals surface area contributed by atoms with Gasteiger partial charge in [0.05, 0.1) is 7.11 Å². The van der Waals surface area contributed by atoms with E-state index in [9.17, 15) is 4.79 Å². The maximum atomic E-state index is 11.5. The van der Waals surface area contributed by atoms with Crippen molar-refractivity contribution in [1.29, 1.82) is 0 Å². The second-order valence-corrected chi connectivity index (χ2v) is 3.46. The summed E-state index contributed by atoms with van der Waals surface area (Å²) in [6, 6.07) is 9.53. The van der Waals surface area contributed by atoms with Gasteiger partial charge in [0.1, 0.15) is 6.04 Å². The number of methoxy groups -OCH3 is 1. The van der Waals surface area contributed by atoms with Gasteiger partial charge in [0.2, 0.25) is 0 Å². The van der Waals surface area contributed by atoms with Crippen molar-refractivity contribution >= 4 is 5.97 Å². The molecule has 0 bridgehead atoms. The zero-order valence-corrected chi connectivity index (χ0v) is 9.48. The van der Waals surface area contributed by atoms with E-state index in [-0.39, 0.29) is 12.0 Å². The van der Waals surface area contributed by atoms with E-state index in [4.69, 9.17) is 4.74 Å². The Morgan fingerprint density at radius 1 is 1.50 bits per heavy atom. The third kappa shape index (κ3) is 3.87. The summed E-state index contributed by atoms with van der Waals surface area (Å²) in [6.07, 6.45) is 2.35. The molecule has 1 aromatic rings. The minimum atomic E-state index is -0.314. The van der Waals surface area contributed by atoms with Gasteiger partial charge in [-0.2, -0.15) is 0 Å². The molecule has 0 radical (unpaired) electrons. The minimum Gasteiger partial charge on any atom is -0.468 e. The molecule has 0 amide bonds. The van der Waals surface area contributed by atoms with E-state index in [1.807, 2.05) is 30.3 Å². The van der Waals surface area contributed by atoms with Gasteiger partial charge in [-0.05, 0) is 12.0 Å². The zero-order chi connectivity index (χ0) is 11.8. The van der Waals surface area contributed by atoms with E-state index in [1.54, 1.807) is 6.08 Å². The number of ether oxygens (including phenoxy) is 1. The molecule has 0 heterocycles. The predicted octanol–water partition coefficient (Wildman–Crippen LogP) is 1.55. The van der Waals surface area contributed by atoms with Crippen molar-refractivity contribution in [2.45, 2.75) is 12.5 Å². The third-order valence-electron chi connectivity index (χ3n) is 2.28. The van der Waals surface area contributed by atoms with Crippen molar-refractivity contribution in [1.82, 2.24) is 5.32 Å². The monoisotopic (exact) mass is 219 g/mol. The lowest BCUT2D eigenvalue weighted by atomic mass is 10.1. The molecule has 0 aliphatic carbocycles. The second kappa shape index (κ2) is 6.80. The van der Waals surface area contributed by atoms with Crippen LogP contribution in [0.2, 0.25) is 0 Å². The molecule has 0 aromatic heterocycles. The van der Waals surface area contributed by atoms with Crippen LogP contribution in [0, 0.1) is 0 Å². The number of hydrogen-bond acceptors (Lipinski definition) is 3. The lowest BCUT2D eigenvalue weighted by Crippen LogP contribution is -2.39. The zero-order valence-electron chi connectivity index (χ0n) is 9.48. The van der Waals surface area contributed by atoms with Crippen molar-refractivity contribution in [2.75, 3.05) is 13.7 Å². The number of rotatable bonds is 6. The molecule has 3 nitrogen and oxygen atoms in total. The average Bonchev–Trinajstić information content (AvgIpc) is 2.34. The molecule has 1 N–H and O–H groups in total. The number of benzene rings is 1. The van der Waals surface area contributed by atoms with Crippen molar-refractivity contribution in [3.05, 3.63) is 48.6 Å². The maximum absolute atomic E-state index is 11.5. The van der Waals surface area contributed by atoms with Crippen LogP contribution in [0.1, 0.15) is 5.56 Å². The summed E-state index contributed by atoms with van der Waals surface area (Å²) >= 11 is 0. The number of carbonyl (C=O) groups excluding carboxylic acids is 1. The van der Waals surface area contributed by atoms with Gasteiger partial charge in [0.15, 0.2) is 0 Å². The molecule has 0 aliphatic heterocycles. The molecule has 0 aliphatic rings. The molecule has 86 valence electrons. The molecular weight excluding hydrogens is 202 g/mol. The Labute approximate surface area is 96.1 Å². The first kappa shape index (κ1) is 12.5. The molecule has 0 spiro atoms. The van der Waals surface area contributed by atoms with Gasteiger partial charge in [0, 0.05) is 6.54 Å². The lowest BCUT2D eigenvalue weighted by Gasteiger charge is -2.15. The van der Waals surface area contributed by atoms with Gasteiger partial charge < -0.3 is 10.1 Å². The minimum absolute atomic E-state index is 0.245. The van der Waals surface area contributed by atoms with Gasteiger partial charge in [-0.25, -0.2) is 0 Å². The summed E-state index contributed by atoms with van der Waals surface area (Å²) in [6.45, 7) is 4.20. The van der Waals surface area contributed by atoms with E-state index >= 15 is 0 Å². The third-order valence-corrected chi connectivity index (χ3v) is 2.28. The Balaban J connectivity index is 2.63. The number of hydrogen-bond donors (Lipinski definition) is 1. The second-order valence-electron chi connectivity index (χ2n) is 3.46. The molecule has 0 saturated carbocycles. The molecular formula is C13H17NO2. The van der Waals surface area contributed by atoms with Crippen molar-refractivity contribution < 1.29 is 9.53 Å². The Kier molecular flexibility index (Phi) is 5.29. The largest absolute Gasteiger partial charge is 0.468 e. The summed E-state index contributed by atoms with van der Waals surface area (Å²) in [7, 11) is 1.40. The van der Waals surface area contributed by atoms with E-state index in [0.717, 1.165) is 5.56 Å². The summed E-state index contributed by atoms with van der Waals surface area (Å²) < 4.78 is 4.75. The smallest absolute Gasteiger partial charge is 0.323 e. The van der Waals surface area contributed by atoms with Crippen molar-refractivity contribution in [2.24, 2.45) is 0 Å². The fraction of sp³-hybridized carbons (Fsp3) is 0.308. The van der Waals surface area contributed by atoms with Gasteiger partial charge in [-0.3, -0.25) is 4.79 Å². The Bertz CT molecular complexity index is 335. The normalized spacial score (nSPS) is 11.8. The van der Waals surface area contributed by atoms with E-state index < -0.39 is 0 Å². The van der Waals surface area contributed by atoms with Gasteiger partial charge >= 0.3 is 5.97 Å². The fourth-order valence-corrected chi connectivity index (χ4v) is 1.46. The van der Waals surface area contributed by atoms with Crippen LogP contribution in [0.4, 0.5) is 0 Å². The molecule has 0 fully saturated rings. The summed E-state index contributed by atoms with van der Waals surface area (Å²) in [5.41, 5.74) is 1.11. The molecule has 3 heteroatoms. The maximum Gasteiger partial charge on any atom is 0.323 e. The highest BCUT2D eigenvalue weighted by molar-refractivity contribution is 5.76. The topological polar surface area (TPSA) is 38.3 Å². The number of esters is 1. The first-order valence-corrected chi connectivity index (χ1v) is 5.24. The van der Waals surface area contributed by atoms with E-state index in [1.165, 1.54) is 7.11 Å². The summed E-state index contributed by atoms with van der Waals surface area (Å²) in [5, 5.41) is 3.08. The number of carbonyl (C=O) groups is 1. The standard InChI is InChI=1S/C13H17NO2/c1-3-9-14-12(13(15)16-2)10-11-7-5-4-6-8-11/h3-8,12,14H,1,9-10H2,2H3/t12-/m0/s1. The first-order chi connectivity index (χ1) is 7.77. The first-order valence-electron chi connectivity index (χ1n) is 5.24. The molecule has 16 heavy (non-hydrogen) atoms. The van der Waals surface area contributed by atoms with Crippen LogP contribution in [-0.4, -0.2) is 25.7 Å². The van der Waals surface area contributed by atoms with Crippen molar-refractivity contribution in [3.8, 4) is 0 Å². The van der Waals surface area contributed by atoms with Gasteiger partial charge in [-0.1, -0.05) is 36.4 Å². The van der Waals surface area contributed by atoms with E-state index in [2.05, 4.69) is 11.9 Å². The van der Waals surface area contributed by atoms with Crippen LogP contribution >= 0.6 is 0 Å². The molecule has 0 saturated heterocycles. The fourth-order valence-electron chi connectivity index (χ4n) is 1.46. The molecule has 1 rings (SSSR count). The Morgan fingerprint density at radius 3 is 2.75 bits per heavy atom. The van der Waals surface area contributed by atoms with Crippen LogP contribution in [0.15, 0.2) is 43.0 Å².